The Morgan fingerprint density at radius 2 is 2.04 bits per heavy atom. The number of allylic oxidation sites excluding steroid dienone is 1. The lowest BCUT2D eigenvalue weighted by Crippen LogP contribution is -2.33. The van der Waals surface area contributed by atoms with Gasteiger partial charge in [-0.1, -0.05) is 17.7 Å². The van der Waals surface area contributed by atoms with Gasteiger partial charge in [-0.3, -0.25) is 4.31 Å². The fourth-order valence-corrected chi connectivity index (χ4v) is 3.78. The molecule has 0 aromatic heterocycles. The normalized spacial score (nSPS) is 14.8. The number of sulfonamides is 1. The molecule has 0 fully saturated rings. The van der Waals surface area contributed by atoms with Crippen molar-refractivity contribution in [3.8, 4) is 6.07 Å². The second kappa shape index (κ2) is 7.19. The molecule has 0 unspecified atom stereocenters. The number of nitrogens with zero attached hydrogens (tertiary/aromatic N) is 2. The van der Waals surface area contributed by atoms with Crippen molar-refractivity contribution in [2.75, 3.05) is 13.7 Å². The van der Waals surface area contributed by atoms with Crippen molar-refractivity contribution in [3.63, 3.8) is 0 Å². The van der Waals surface area contributed by atoms with Gasteiger partial charge in [-0.05, 0) is 19.1 Å². The lowest BCUT2D eigenvalue weighted by molar-refractivity contribution is -0.136. The van der Waals surface area contributed by atoms with E-state index in [9.17, 15) is 13.2 Å². The Morgan fingerprint density at radius 3 is 2.62 bits per heavy atom. The molecule has 0 radical (unpaired) electrons. The van der Waals surface area contributed by atoms with Gasteiger partial charge in [0.15, 0.2) is 0 Å². The summed E-state index contributed by atoms with van der Waals surface area (Å²) in [6.07, 6.45) is 2.65. The number of methoxy groups -OCH3 is 1. The molecule has 8 heteroatoms. The summed E-state index contributed by atoms with van der Waals surface area (Å²) < 4.78 is 31.5. The van der Waals surface area contributed by atoms with Crippen molar-refractivity contribution >= 4 is 16.0 Å². The van der Waals surface area contributed by atoms with Gasteiger partial charge in [0.1, 0.15) is 5.82 Å². The highest BCUT2D eigenvalue weighted by atomic mass is 32.2. The number of nitrogens with one attached hydrogen (secondary N) is 1. The zero-order valence-electron chi connectivity index (χ0n) is 13.3. The molecular formula is C16H17N3O4S. The van der Waals surface area contributed by atoms with E-state index in [1.807, 2.05) is 6.92 Å². The summed E-state index contributed by atoms with van der Waals surface area (Å²) in [7, 11) is -2.60. The van der Waals surface area contributed by atoms with E-state index in [1.165, 1.54) is 25.4 Å². The van der Waals surface area contributed by atoms with Crippen LogP contribution in [0.3, 0.4) is 0 Å². The zero-order chi connectivity index (χ0) is 17.7. The fourth-order valence-electron chi connectivity index (χ4n) is 2.31. The first-order valence-corrected chi connectivity index (χ1v) is 8.58. The topological polar surface area (TPSA) is 99.5 Å². The molecule has 1 aliphatic rings. The predicted octanol–water partition coefficient (Wildman–Crippen LogP) is 1.40. The van der Waals surface area contributed by atoms with E-state index in [-0.39, 0.29) is 29.3 Å². The van der Waals surface area contributed by atoms with Crippen LogP contribution in [0.25, 0.3) is 0 Å². The number of hydrogen-bond donors (Lipinski definition) is 1. The molecule has 0 saturated heterocycles. The van der Waals surface area contributed by atoms with Crippen LogP contribution < -0.4 is 5.32 Å². The number of nitriles is 1. The molecule has 24 heavy (non-hydrogen) atoms. The van der Waals surface area contributed by atoms with Gasteiger partial charge in [0, 0.05) is 25.2 Å². The molecule has 0 spiro atoms. The maximum Gasteiger partial charge on any atom is 0.337 e. The third-order valence-electron chi connectivity index (χ3n) is 3.52. The largest absolute Gasteiger partial charge is 0.466 e. The summed E-state index contributed by atoms with van der Waals surface area (Å²) in [5.41, 5.74) is 1.16. The SMILES string of the molecule is COC(=O)C1=C(N/C=C/C#N)N(S(=O)(=O)c2ccc(C)cc2)CC1. The van der Waals surface area contributed by atoms with Gasteiger partial charge in [0.25, 0.3) is 10.0 Å². The molecule has 0 aliphatic carbocycles. The number of ether oxygens (including phenoxy) is 1. The van der Waals surface area contributed by atoms with E-state index in [2.05, 4.69) is 5.32 Å². The Labute approximate surface area is 140 Å². The molecule has 0 bridgehead atoms. The molecular weight excluding hydrogens is 330 g/mol. The predicted molar refractivity (Wildman–Crippen MR) is 86.6 cm³/mol. The highest BCUT2D eigenvalue weighted by Gasteiger charge is 2.35. The van der Waals surface area contributed by atoms with Crippen molar-refractivity contribution in [1.29, 1.82) is 5.26 Å². The fraction of sp³-hybridized carbons (Fsp3) is 0.250. The monoisotopic (exact) mass is 347 g/mol. The van der Waals surface area contributed by atoms with Gasteiger partial charge >= 0.3 is 5.97 Å². The Bertz CT molecular complexity index is 833. The number of esters is 1. The third-order valence-corrected chi connectivity index (χ3v) is 5.33. The van der Waals surface area contributed by atoms with E-state index in [0.717, 1.165) is 15.9 Å². The van der Waals surface area contributed by atoms with E-state index >= 15 is 0 Å². The van der Waals surface area contributed by atoms with Crippen molar-refractivity contribution in [3.05, 3.63) is 53.5 Å². The van der Waals surface area contributed by atoms with Crippen LogP contribution in [0.15, 0.2) is 52.8 Å². The summed E-state index contributed by atoms with van der Waals surface area (Å²) in [5.74, 6) is -0.501. The number of rotatable bonds is 5. The standard InChI is InChI=1S/C16H17N3O4S/c1-12-4-6-13(7-5-12)24(21,22)19-11-8-14(16(20)23-2)15(19)18-10-3-9-17/h3-7,10,18H,8,11H2,1-2H3/b10-3+. The van der Waals surface area contributed by atoms with Crippen LogP contribution in [0, 0.1) is 18.3 Å². The Balaban J connectivity index is 2.45. The zero-order valence-corrected chi connectivity index (χ0v) is 14.1. The number of aryl methyl sites for hydroxylation is 1. The maximum absolute atomic E-state index is 12.9. The first-order chi connectivity index (χ1) is 11.4. The van der Waals surface area contributed by atoms with Gasteiger partial charge in [-0.25, -0.2) is 13.2 Å². The molecule has 1 aromatic carbocycles. The van der Waals surface area contributed by atoms with Crippen LogP contribution in [0.4, 0.5) is 0 Å². The van der Waals surface area contributed by atoms with Crippen LogP contribution >= 0.6 is 0 Å². The molecule has 7 nitrogen and oxygen atoms in total. The van der Waals surface area contributed by atoms with Gasteiger partial charge in [-0.15, -0.1) is 0 Å². The second-order valence-corrected chi connectivity index (χ2v) is 6.93. The summed E-state index contributed by atoms with van der Waals surface area (Å²) in [5, 5.41) is 11.3. The highest BCUT2D eigenvalue weighted by Crippen LogP contribution is 2.29. The smallest absolute Gasteiger partial charge is 0.337 e. The molecule has 1 heterocycles. The number of benzene rings is 1. The molecule has 1 aliphatic heterocycles. The minimum atomic E-state index is -3.83. The first-order valence-electron chi connectivity index (χ1n) is 7.14. The van der Waals surface area contributed by atoms with Crippen molar-refractivity contribution in [2.45, 2.75) is 18.2 Å². The highest BCUT2D eigenvalue weighted by molar-refractivity contribution is 7.89. The molecule has 0 amide bonds. The first kappa shape index (κ1) is 17.6. The lowest BCUT2D eigenvalue weighted by atomic mass is 10.2. The van der Waals surface area contributed by atoms with Crippen molar-refractivity contribution < 1.29 is 17.9 Å². The molecule has 2 rings (SSSR count). The quantitative estimate of drug-likeness (QED) is 0.638. The summed E-state index contributed by atoms with van der Waals surface area (Å²) in [6.45, 7) is 1.98. The maximum atomic E-state index is 12.9. The molecule has 1 aromatic rings. The average molecular weight is 347 g/mol. The summed E-state index contributed by atoms with van der Waals surface area (Å²) in [4.78, 5) is 12.0. The van der Waals surface area contributed by atoms with E-state index in [0.29, 0.717) is 0 Å². The van der Waals surface area contributed by atoms with Crippen LogP contribution in [0.2, 0.25) is 0 Å². The Hall–Kier alpha value is -2.79. The second-order valence-electron chi connectivity index (χ2n) is 5.07. The average Bonchev–Trinajstić information content (AvgIpc) is 2.99. The van der Waals surface area contributed by atoms with Gasteiger partial charge in [0.05, 0.1) is 23.6 Å². The summed E-state index contributed by atoms with van der Waals surface area (Å²) in [6, 6.07) is 8.24. The molecule has 0 saturated carbocycles. The molecule has 1 N–H and O–H groups in total. The third kappa shape index (κ3) is 3.41. The van der Waals surface area contributed by atoms with Crippen LogP contribution in [0.1, 0.15) is 12.0 Å². The van der Waals surface area contributed by atoms with E-state index in [4.69, 9.17) is 10.00 Å². The minimum Gasteiger partial charge on any atom is -0.466 e. The van der Waals surface area contributed by atoms with E-state index in [1.54, 1.807) is 18.2 Å². The van der Waals surface area contributed by atoms with Gasteiger partial charge in [0.2, 0.25) is 0 Å². The van der Waals surface area contributed by atoms with Crippen molar-refractivity contribution in [2.24, 2.45) is 0 Å². The van der Waals surface area contributed by atoms with Crippen LogP contribution in [0.5, 0.6) is 0 Å². The molecule has 0 atom stereocenters. The number of carbonyl (C=O) groups is 1. The molecule has 126 valence electrons. The minimum absolute atomic E-state index is 0.105. The van der Waals surface area contributed by atoms with Gasteiger partial charge < -0.3 is 10.1 Å². The van der Waals surface area contributed by atoms with Crippen LogP contribution in [-0.4, -0.2) is 32.3 Å². The van der Waals surface area contributed by atoms with E-state index < -0.39 is 16.0 Å². The summed E-state index contributed by atoms with van der Waals surface area (Å²) >= 11 is 0. The number of carbonyl (C=O) groups excluding carboxylic acids is 1. The van der Waals surface area contributed by atoms with Gasteiger partial charge in [-0.2, -0.15) is 5.26 Å². The number of hydrogen-bond acceptors (Lipinski definition) is 6. The Kier molecular flexibility index (Phi) is 5.26. The lowest BCUT2D eigenvalue weighted by Gasteiger charge is -2.22. The Morgan fingerprint density at radius 1 is 1.38 bits per heavy atom. The van der Waals surface area contributed by atoms with Crippen LogP contribution in [-0.2, 0) is 19.6 Å². The van der Waals surface area contributed by atoms with Crippen molar-refractivity contribution in [1.82, 2.24) is 9.62 Å².